The van der Waals surface area contributed by atoms with Crippen molar-refractivity contribution in [1.82, 2.24) is 24.5 Å². The normalized spacial score (nSPS) is 17.9. The molecule has 3 aromatic heterocycles. The van der Waals surface area contributed by atoms with Gasteiger partial charge in [-0.25, -0.2) is 9.67 Å². The molecule has 2 N–H and O–H groups in total. The van der Waals surface area contributed by atoms with Gasteiger partial charge in [0.2, 0.25) is 0 Å². The molecule has 1 fully saturated rings. The van der Waals surface area contributed by atoms with Gasteiger partial charge in [0.05, 0.1) is 5.56 Å². The maximum atomic E-state index is 13.0. The molecule has 0 radical (unpaired) electrons. The van der Waals surface area contributed by atoms with Crippen molar-refractivity contribution in [3.63, 3.8) is 0 Å². The summed E-state index contributed by atoms with van der Waals surface area (Å²) < 4.78 is 66.6. The molecule has 0 bridgehead atoms. The number of nitriles is 1. The number of terminal acetylenes is 1. The minimum absolute atomic E-state index is 0.0119. The molecule has 1 saturated carbocycles. The second-order valence-electron chi connectivity index (χ2n) is 7.84. The van der Waals surface area contributed by atoms with Crippen molar-refractivity contribution in [3.05, 3.63) is 54.1 Å². The summed E-state index contributed by atoms with van der Waals surface area (Å²) in [5.41, 5.74) is -0.301. The molecule has 35 heavy (non-hydrogen) atoms. The van der Waals surface area contributed by atoms with Crippen LogP contribution in [0, 0.1) is 24.2 Å². The van der Waals surface area contributed by atoms with Crippen molar-refractivity contribution in [2.45, 2.75) is 50.5 Å². The standard InChI is InChI=1S/C21H20F5N7.C2H2/c1-12(15-10-33(20(22)23)31-16(15)9-27)28-13-5-7-14(8-6-13)29-18-3-2-4-19-30-17(11-32(18)19)21(24,25)26;1-2/h2-4,10-11,13-14,20,28-29H,1,5-8H2;1-2H. The number of hydrogen-bond donors (Lipinski definition) is 2. The summed E-state index contributed by atoms with van der Waals surface area (Å²) in [6.07, 6.45) is 8.43. The summed E-state index contributed by atoms with van der Waals surface area (Å²) in [7, 11) is 0. The van der Waals surface area contributed by atoms with Crippen molar-refractivity contribution in [2.75, 3.05) is 5.32 Å². The van der Waals surface area contributed by atoms with Gasteiger partial charge in [-0.05, 0) is 37.8 Å². The van der Waals surface area contributed by atoms with Crippen LogP contribution in [0.25, 0.3) is 11.3 Å². The minimum atomic E-state index is -4.52. The van der Waals surface area contributed by atoms with Gasteiger partial charge in [-0.3, -0.25) is 4.40 Å². The fourth-order valence-electron chi connectivity index (χ4n) is 3.98. The Labute approximate surface area is 198 Å². The Kier molecular flexibility index (Phi) is 7.65. The molecule has 0 aliphatic heterocycles. The Morgan fingerprint density at radius 2 is 1.80 bits per heavy atom. The van der Waals surface area contributed by atoms with E-state index < -0.39 is 18.4 Å². The predicted molar refractivity (Wildman–Crippen MR) is 120 cm³/mol. The lowest BCUT2D eigenvalue weighted by molar-refractivity contribution is -0.140. The molecular weight excluding hydrogens is 469 g/mol. The number of halogens is 5. The van der Waals surface area contributed by atoms with Gasteiger partial charge in [-0.2, -0.15) is 32.3 Å². The SMILES string of the molecule is C#C.C=C(NC1CCC(Nc2cccc3nc(C(F)(F)F)cn23)CC1)c1cn(C(F)F)nc1C#N. The number of anilines is 1. The zero-order valence-electron chi connectivity index (χ0n) is 18.4. The Morgan fingerprint density at radius 1 is 1.14 bits per heavy atom. The van der Waals surface area contributed by atoms with Gasteiger partial charge in [0.1, 0.15) is 17.5 Å². The minimum Gasteiger partial charge on any atom is -0.382 e. The van der Waals surface area contributed by atoms with E-state index in [4.69, 9.17) is 5.26 Å². The summed E-state index contributed by atoms with van der Waals surface area (Å²) in [6.45, 7) is 1.01. The van der Waals surface area contributed by atoms with Crippen LogP contribution in [0.2, 0.25) is 0 Å². The molecule has 1 aliphatic carbocycles. The fraction of sp³-hybridized carbons (Fsp3) is 0.348. The second kappa shape index (κ2) is 10.5. The molecule has 184 valence electrons. The van der Waals surface area contributed by atoms with E-state index in [1.807, 2.05) is 0 Å². The smallest absolute Gasteiger partial charge is 0.382 e. The second-order valence-corrected chi connectivity index (χ2v) is 7.84. The highest BCUT2D eigenvalue weighted by molar-refractivity contribution is 5.65. The van der Waals surface area contributed by atoms with E-state index >= 15 is 0 Å². The number of rotatable bonds is 6. The monoisotopic (exact) mass is 491 g/mol. The Balaban J connectivity index is 0.00000167. The molecule has 0 atom stereocenters. The van der Waals surface area contributed by atoms with Crippen molar-refractivity contribution < 1.29 is 22.0 Å². The Hall–Kier alpha value is -4.06. The van der Waals surface area contributed by atoms with Crippen molar-refractivity contribution in [2.24, 2.45) is 0 Å². The molecule has 0 amide bonds. The third kappa shape index (κ3) is 5.72. The molecule has 0 saturated heterocycles. The first-order valence-electron chi connectivity index (χ1n) is 10.5. The third-order valence-corrected chi connectivity index (χ3v) is 5.60. The first-order valence-corrected chi connectivity index (χ1v) is 10.5. The summed E-state index contributed by atoms with van der Waals surface area (Å²) >= 11 is 0. The summed E-state index contributed by atoms with van der Waals surface area (Å²) in [4.78, 5) is 3.64. The number of hydrogen-bond acceptors (Lipinski definition) is 5. The van der Waals surface area contributed by atoms with Crippen LogP contribution in [-0.4, -0.2) is 31.2 Å². The quantitative estimate of drug-likeness (QED) is 0.373. The maximum absolute atomic E-state index is 13.0. The lowest BCUT2D eigenvalue weighted by Gasteiger charge is -2.31. The number of fused-ring (bicyclic) bond motifs is 1. The van der Waals surface area contributed by atoms with Crippen LogP contribution in [0.5, 0.6) is 0 Å². The van der Waals surface area contributed by atoms with Crippen molar-refractivity contribution >= 4 is 17.2 Å². The number of nitrogens with zero attached hydrogens (tertiary/aromatic N) is 5. The van der Waals surface area contributed by atoms with Gasteiger partial charge in [-0.1, -0.05) is 12.6 Å². The van der Waals surface area contributed by atoms with E-state index in [-0.39, 0.29) is 29.0 Å². The summed E-state index contributed by atoms with van der Waals surface area (Å²) in [5.74, 6) is 0.523. The molecule has 0 unspecified atom stereocenters. The fourth-order valence-corrected chi connectivity index (χ4v) is 3.98. The number of alkyl halides is 5. The summed E-state index contributed by atoms with van der Waals surface area (Å²) in [6, 6.07) is 6.70. The zero-order valence-corrected chi connectivity index (χ0v) is 18.4. The average molecular weight is 491 g/mol. The van der Waals surface area contributed by atoms with Crippen molar-refractivity contribution in [3.8, 4) is 18.9 Å². The Morgan fingerprint density at radius 3 is 2.40 bits per heavy atom. The molecule has 0 spiro atoms. The highest BCUT2D eigenvalue weighted by atomic mass is 19.4. The lowest BCUT2D eigenvalue weighted by atomic mass is 9.90. The highest BCUT2D eigenvalue weighted by Gasteiger charge is 2.34. The van der Waals surface area contributed by atoms with Crippen LogP contribution in [0.1, 0.15) is 49.2 Å². The van der Waals surface area contributed by atoms with Crippen LogP contribution in [0.4, 0.5) is 27.8 Å². The zero-order chi connectivity index (χ0) is 25.8. The number of aromatic nitrogens is 4. The van der Waals surface area contributed by atoms with Crippen LogP contribution in [-0.2, 0) is 6.18 Å². The first-order chi connectivity index (χ1) is 16.7. The average Bonchev–Trinajstić information content (AvgIpc) is 3.47. The van der Waals surface area contributed by atoms with Crippen LogP contribution < -0.4 is 10.6 Å². The van der Waals surface area contributed by atoms with Crippen molar-refractivity contribution in [1.29, 1.82) is 5.26 Å². The molecule has 4 rings (SSSR count). The number of nitrogens with one attached hydrogen (secondary N) is 2. The number of imidazole rings is 1. The maximum Gasteiger partial charge on any atom is 0.434 e. The predicted octanol–water partition coefficient (Wildman–Crippen LogP) is 5.05. The largest absolute Gasteiger partial charge is 0.434 e. The molecule has 7 nitrogen and oxygen atoms in total. The summed E-state index contributed by atoms with van der Waals surface area (Å²) in [5, 5.41) is 19.2. The van der Waals surface area contributed by atoms with Gasteiger partial charge in [0.15, 0.2) is 11.4 Å². The van der Waals surface area contributed by atoms with E-state index in [2.05, 4.69) is 40.1 Å². The van der Waals surface area contributed by atoms with Crippen LogP contribution >= 0.6 is 0 Å². The van der Waals surface area contributed by atoms with E-state index in [0.29, 0.717) is 16.2 Å². The van der Waals surface area contributed by atoms with Gasteiger partial charge < -0.3 is 10.6 Å². The van der Waals surface area contributed by atoms with Gasteiger partial charge in [0.25, 0.3) is 0 Å². The molecule has 3 heterocycles. The Bertz CT molecular complexity index is 1240. The van der Waals surface area contributed by atoms with E-state index in [0.717, 1.165) is 38.1 Å². The molecule has 3 aromatic rings. The third-order valence-electron chi connectivity index (χ3n) is 5.60. The van der Waals surface area contributed by atoms with Gasteiger partial charge >= 0.3 is 12.7 Å². The molecule has 0 aromatic carbocycles. The van der Waals surface area contributed by atoms with E-state index in [1.165, 1.54) is 10.5 Å². The number of pyridine rings is 1. The van der Waals surface area contributed by atoms with Crippen LogP contribution in [0.3, 0.4) is 0 Å². The van der Waals surface area contributed by atoms with E-state index in [1.54, 1.807) is 18.2 Å². The molecule has 12 heteroatoms. The topological polar surface area (TPSA) is 83.0 Å². The van der Waals surface area contributed by atoms with Gasteiger partial charge in [0, 0.05) is 30.2 Å². The highest BCUT2D eigenvalue weighted by Crippen LogP contribution is 2.30. The molecular formula is C23H22F5N7. The first kappa shape index (κ1) is 25.6. The molecule has 1 aliphatic rings. The van der Waals surface area contributed by atoms with E-state index in [9.17, 15) is 22.0 Å². The lowest BCUT2D eigenvalue weighted by Crippen LogP contribution is -2.36. The van der Waals surface area contributed by atoms with Gasteiger partial charge in [-0.15, -0.1) is 12.8 Å². The van der Waals surface area contributed by atoms with Crippen LogP contribution in [0.15, 0.2) is 37.2 Å².